The molecule has 0 spiro atoms. The molecule has 1 aromatic heterocycles. The highest BCUT2D eigenvalue weighted by molar-refractivity contribution is 7.89. The Morgan fingerprint density at radius 3 is 2.24 bits per heavy atom. The smallest absolute Gasteiger partial charge is 0.251 e. The van der Waals surface area contributed by atoms with Gasteiger partial charge in [-0.3, -0.25) is 9.59 Å². The van der Waals surface area contributed by atoms with Crippen molar-refractivity contribution in [1.82, 2.24) is 10.0 Å². The molecule has 192 valence electrons. The average Bonchev–Trinajstić information content (AvgIpc) is 3.35. The Balaban J connectivity index is 1.65. The molecule has 9 heteroatoms. The van der Waals surface area contributed by atoms with Crippen molar-refractivity contribution in [3.63, 3.8) is 0 Å². The lowest BCUT2D eigenvalue weighted by Gasteiger charge is -2.22. The summed E-state index contributed by atoms with van der Waals surface area (Å²) in [5.41, 5.74) is 0.261. The molecule has 0 saturated carbocycles. The van der Waals surface area contributed by atoms with Crippen molar-refractivity contribution in [2.24, 2.45) is 0 Å². The van der Waals surface area contributed by atoms with E-state index >= 15 is 0 Å². The van der Waals surface area contributed by atoms with Crippen LogP contribution >= 0.6 is 11.3 Å². The first-order valence-corrected chi connectivity index (χ1v) is 14.1. The third kappa shape index (κ3) is 6.62. The first kappa shape index (κ1) is 26.5. The van der Waals surface area contributed by atoms with Gasteiger partial charge in [0.05, 0.1) is 4.90 Å². The summed E-state index contributed by atoms with van der Waals surface area (Å²) >= 11 is 1.50. The third-order valence-corrected chi connectivity index (χ3v) is 8.23. The molecule has 0 unspecified atom stereocenters. The zero-order valence-electron chi connectivity index (χ0n) is 20.8. The van der Waals surface area contributed by atoms with Gasteiger partial charge >= 0.3 is 0 Å². The van der Waals surface area contributed by atoms with E-state index in [1.165, 1.54) is 11.3 Å². The molecule has 0 aliphatic rings. The van der Waals surface area contributed by atoms with E-state index in [9.17, 15) is 18.0 Å². The fraction of sp³-hybridized carbons (Fsp3) is 0.214. The number of amides is 2. The molecule has 7 nitrogen and oxygen atoms in total. The van der Waals surface area contributed by atoms with E-state index in [1.54, 1.807) is 81.4 Å². The minimum Gasteiger partial charge on any atom is -0.340 e. The molecule has 4 rings (SSSR count). The highest BCUT2D eigenvalue weighted by Gasteiger charge is 2.26. The van der Waals surface area contributed by atoms with Crippen LogP contribution in [0.4, 0.5) is 5.69 Å². The second-order valence-corrected chi connectivity index (χ2v) is 12.4. The molecule has 3 aromatic carbocycles. The van der Waals surface area contributed by atoms with E-state index in [0.29, 0.717) is 28.4 Å². The molecule has 4 aromatic rings. The van der Waals surface area contributed by atoms with Crippen molar-refractivity contribution in [3.8, 4) is 0 Å². The summed E-state index contributed by atoms with van der Waals surface area (Å²) < 4.78 is 28.9. The molecular formula is C28H29N3O4S2. The lowest BCUT2D eigenvalue weighted by molar-refractivity contribution is -0.117. The summed E-state index contributed by atoms with van der Waals surface area (Å²) in [5.74, 6) is -0.747. The monoisotopic (exact) mass is 535 g/mol. The number of anilines is 1. The fourth-order valence-electron chi connectivity index (χ4n) is 3.97. The van der Waals surface area contributed by atoms with Crippen LogP contribution in [0, 0.1) is 0 Å². The van der Waals surface area contributed by atoms with E-state index in [2.05, 4.69) is 15.4 Å². The number of hydrogen-bond acceptors (Lipinski definition) is 5. The predicted molar refractivity (Wildman–Crippen MR) is 148 cm³/mol. The Morgan fingerprint density at radius 2 is 1.57 bits per heavy atom. The summed E-state index contributed by atoms with van der Waals surface area (Å²) in [6, 6.07) is 21.8. The fourth-order valence-corrected chi connectivity index (χ4v) is 6.37. The van der Waals surface area contributed by atoms with Gasteiger partial charge in [0, 0.05) is 38.9 Å². The van der Waals surface area contributed by atoms with Crippen LogP contribution in [0.3, 0.4) is 0 Å². The van der Waals surface area contributed by atoms with Gasteiger partial charge in [-0.05, 0) is 56.5 Å². The zero-order valence-corrected chi connectivity index (χ0v) is 22.4. The van der Waals surface area contributed by atoms with E-state index < -0.39 is 27.5 Å². The number of hydrogen-bond donors (Lipinski definition) is 3. The lowest BCUT2D eigenvalue weighted by Crippen LogP contribution is -2.45. The van der Waals surface area contributed by atoms with Gasteiger partial charge < -0.3 is 10.6 Å². The molecule has 0 aliphatic heterocycles. The largest absolute Gasteiger partial charge is 0.340 e. The van der Waals surface area contributed by atoms with Crippen molar-refractivity contribution in [1.29, 1.82) is 0 Å². The van der Waals surface area contributed by atoms with Crippen molar-refractivity contribution >= 4 is 49.6 Å². The van der Waals surface area contributed by atoms with Gasteiger partial charge in [0.1, 0.15) is 6.04 Å². The number of nitrogens with one attached hydrogen (secondary N) is 3. The van der Waals surface area contributed by atoms with E-state index in [0.717, 1.165) is 4.88 Å². The molecule has 1 atom stereocenters. The van der Waals surface area contributed by atoms with Gasteiger partial charge in [0.25, 0.3) is 5.91 Å². The van der Waals surface area contributed by atoms with E-state index in [-0.39, 0.29) is 10.8 Å². The first-order valence-electron chi connectivity index (χ1n) is 11.8. The molecule has 1 heterocycles. The molecule has 0 fully saturated rings. The summed E-state index contributed by atoms with van der Waals surface area (Å²) in [7, 11) is -3.81. The quantitative estimate of drug-likeness (QED) is 0.297. The zero-order chi connectivity index (χ0) is 26.6. The van der Waals surface area contributed by atoms with Gasteiger partial charge in [0.15, 0.2) is 0 Å². The van der Waals surface area contributed by atoms with Crippen molar-refractivity contribution in [3.05, 3.63) is 94.7 Å². The lowest BCUT2D eigenvalue weighted by atomic mass is 10.1. The maximum Gasteiger partial charge on any atom is 0.251 e. The second-order valence-electron chi connectivity index (χ2n) is 9.68. The van der Waals surface area contributed by atoms with Crippen LogP contribution in [0.1, 0.15) is 36.0 Å². The molecule has 37 heavy (non-hydrogen) atoms. The SMILES string of the molecule is CC(C)(C)NS(=O)(=O)c1cccc2c(NC(=O)[C@H](Cc3cccs3)NC(=O)c3ccccc3)cccc12. The van der Waals surface area contributed by atoms with Crippen LogP contribution in [0.25, 0.3) is 10.8 Å². The maximum absolute atomic E-state index is 13.5. The molecule has 3 N–H and O–H groups in total. The summed E-state index contributed by atoms with van der Waals surface area (Å²) in [4.78, 5) is 27.4. The normalized spacial score (nSPS) is 12.7. The summed E-state index contributed by atoms with van der Waals surface area (Å²) in [6.45, 7) is 5.33. The highest BCUT2D eigenvalue weighted by Crippen LogP contribution is 2.29. The van der Waals surface area contributed by atoms with Crippen molar-refractivity contribution in [2.75, 3.05) is 5.32 Å². The molecule has 2 amide bonds. The number of sulfonamides is 1. The van der Waals surface area contributed by atoms with E-state index in [1.807, 2.05) is 23.6 Å². The van der Waals surface area contributed by atoms with Gasteiger partial charge in [0.2, 0.25) is 15.9 Å². The topological polar surface area (TPSA) is 104 Å². The van der Waals surface area contributed by atoms with Crippen LogP contribution in [0.15, 0.2) is 89.1 Å². The Bertz CT molecular complexity index is 1510. The van der Waals surface area contributed by atoms with E-state index in [4.69, 9.17) is 0 Å². The third-order valence-electron chi connectivity index (χ3n) is 5.51. The number of fused-ring (bicyclic) bond motifs is 1. The number of carbonyl (C=O) groups excluding carboxylic acids is 2. The predicted octanol–water partition coefficient (Wildman–Crippen LogP) is 4.96. The summed E-state index contributed by atoms with van der Waals surface area (Å²) in [6.07, 6.45) is 0.321. The number of carbonyl (C=O) groups is 2. The van der Waals surface area contributed by atoms with Crippen LogP contribution in [-0.4, -0.2) is 31.8 Å². The average molecular weight is 536 g/mol. The molecule has 0 saturated heterocycles. The molecule has 0 aliphatic carbocycles. The van der Waals surface area contributed by atoms with Crippen molar-refractivity contribution in [2.45, 2.75) is 43.7 Å². The number of thiophene rings is 1. The van der Waals surface area contributed by atoms with Gasteiger partial charge in [-0.15, -0.1) is 11.3 Å². The Morgan fingerprint density at radius 1 is 0.865 bits per heavy atom. The van der Waals surface area contributed by atoms with Crippen LogP contribution in [0.2, 0.25) is 0 Å². The second kappa shape index (κ2) is 10.8. The van der Waals surface area contributed by atoms with Gasteiger partial charge in [-0.2, -0.15) is 0 Å². The van der Waals surface area contributed by atoms with Crippen molar-refractivity contribution < 1.29 is 18.0 Å². The molecule has 0 radical (unpaired) electrons. The first-order chi connectivity index (χ1) is 17.5. The maximum atomic E-state index is 13.5. The van der Waals surface area contributed by atoms with Crippen LogP contribution in [-0.2, 0) is 21.2 Å². The summed E-state index contributed by atoms with van der Waals surface area (Å²) in [5, 5.41) is 8.75. The molecular weight excluding hydrogens is 506 g/mol. The van der Waals surface area contributed by atoms with Crippen LogP contribution < -0.4 is 15.4 Å². The van der Waals surface area contributed by atoms with Crippen LogP contribution in [0.5, 0.6) is 0 Å². The Labute approximate surface area is 221 Å². The standard InChI is InChI=1S/C28H29N3O4S2/c1-28(2,3)31-37(34,35)25-16-8-13-21-22(25)14-7-15-23(21)29-27(33)24(18-20-12-9-17-36-20)30-26(32)19-10-5-4-6-11-19/h4-17,24,31H,18H2,1-3H3,(H,29,33)(H,30,32)/t24-/m0/s1. The minimum atomic E-state index is -3.81. The molecule has 0 bridgehead atoms. The van der Waals surface area contributed by atoms with Gasteiger partial charge in [-0.1, -0.05) is 48.5 Å². The number of rotatable bonds is 8. The van der Waals surface area contributed by atoms with Gasteiger partial charge in [-0.25, -0.2) is 13.1 Å². The number of benzene rings is 3. The Hall–Kier alpha value is -3.53. The Kier molecular flexibility index (Phi) is 7.77. The highest BCUT2D eigenvalue weighted by atomic mass is 32.2. The minimum absolute atomic E-state index is 0.128.